The second-order valence-corrected chi connectivity index (χ2v) is 3.92. The van der Waals surface area contributed by atoms with Crippen LogP contribution in [0.2, 0.25) is 0 Å². The fraction of sp³-hybridized carbons (Fsp3) is 0.556. The Morgan fingerprint density at radius 2 is 2.19 bits per heavy atom. The van der Waals surface area contributed by atoms with Crippen molar-refractivity contribution in [2.45, 2.75) is 33.2 Å². The monoisotopic (exact) mass is 222 g/mol. The molecule has 0 aliphatic rings. The van der Waals surface area contributed by atoms with Gasteiger partial charge in [0.05, 0.1) is 5.69 Å². The van der Waals surface area contributed by atoms with Gasteiger partial charge in [-0.25, -0.2) is 4.68 Å². The smallest absolute Gasteiger partial charge is 0.248 e. The molecule has 0 aliphatic carbocycles. The van der Waals surface area contributed by atoms with Gasteiger partial charge in [0.1, 0.15) is 6.54 Å². The molecule has 0 fully saturated rings. The number of anilines is 1. The summed E-state index contributed by atoms with van der Waals surface area (Å²) in [5.41, 5.74) is 6.38. The van der Waals surface area contributed by atoms with Gasteiger partial charge in [-0.3, -0.25) is 0 Å². The van der Waals surface area contributed by atoms with Gasteiger partial charge in [-0.2, -0.15) is 4.98 Å². The van der Waals surface area contributed by atoms with Gasteiger partial charge in [0, 0.05) is 5.92 Å². The summed E-state index contributed by atoms with van der Waals surface area (Å²) < 4.78 is 6.74. The summed E-state index contributed by atoms with van der Waals surface area (Å²) in [5.74, 6) is 1.88. The molecule has 86 valence electrons. The van der Waals surface area contributed by atoms with Crippen LogP contribution in [0.25, 0.3) is 0 Å². The van der Waals surface area contributed by atoms with Crippen LogP contribution in [0.4, 0.5) is 5.82 Å². The first-order valence-electron chi connectivity index (χ1n) is 5.06. The van der Waals surface area contributed by atoms with E-state index in [0.717, 1.165) is 5.69 Å². The van der Waals surface area contributed by atoms with Crippen molar-refractivity contribution < 1.29 is 4.52 Å². The van der Waals surface area contributed by atoms with Crippen LogP contribution in [0.1, 0.15) is 37.2 Å². The maximum Gasteiger partial charge on any atom is 0.248 e. The average molecular weight is 222 g/mol. The Morgan fingerprint density at radius 1 is 1.44 bits per heavy atom. The Balaban J connectivity index is 2.17. The first kappa shape index (κ1) is 10.6. The van der Waals surface area contributed by atoms with Crippen molar-refractivity contribution in [1.29, 1.82) is 0 Å². The van der Waals surface area contributed by atoms with Crippen LogP contribution < -0.4 is 5.73 Å². The van der Waals surface area contributed by atoms with Gasteiger partial charge >= 0.3 is 0 Å². The van der Waals surface area contributed by atoms with E-state index in [2.05, 4.69) is 20.5 Å². The minimum absolute atomic E-state index is 0.249. The molecule has 7 heteroatoms. The van der Waals surface area contributed by atoms with E-state index in [0.29, 0.717) is 24.1 Å². The molecule has 0 aliphatic heterocycles. The summed E-state index contributed by atoms with van der Waals surface area (Å²) >= 11 is 0. The highest BCUT2D eigenvalue weighted by Gasteiger charge is 2.12. The first-order valence-corrected chi connectivity index (χ1v) is 5.06. The van der Waals surface area contributed by atoms with E-state index in [4.69, 9.17) is 10.3 Å². The summed E-state index contributed by atoms with van der Waals surface area (Å²) in [7, 11) is 0. The Bertz CT molecular complexity index is 486. The zero-order valence-electron chi connectivity index (χ0n) is 9.51. The van der Waals surface area contributed by atoms with Gasteiger partial charge in [0.2, 0.25) is 5.89 Å². The Hall–Kier alpha value is -1.92. The molecule has 2 aromatic rings. The molecular weight excluding hydrogens is 208 g/mol. The number of hydrogen-bond donors (Lipinski definition) is 1. The zero-order chi connectivity index (χ0) is 11.7. The number of rotatable bonds is 3. The predicted molar refractivity (Wildman–Crippen MR) is 56.7 cm³/mol. The van der Waals surface area contributed by atoms with Crippen LogP contribution in [0.5, 0.6) is 0 Å². The third kappa shape index (κ3) is 1.88. The topological polar surface area (TPSA) is 95.7 Å². The van der Waals surface area contributed by atoms with E-state index in [-0.39, 0.29) is 5.92 Å². The molecule has 0 aromatic carbocycles. The lowest BCUT2D eigenvalue weighted by Crippen LogP contribution is -2.05. The molecule has 2 aromatic heterocycles. The standard InChI is InChI=1S/C9H14N6O/c1-5(2)9-11-7(16-13-9)4-15-6(3)8(10)12-14-15/h5H,4,10H2,1-3H3. The Kier molecular flexibility index (Phi) is 2.59. The molecule has 0 amide bonds. The normalized spacial score (nSPS) is 11.2. The summed E-state index contributed by atoms with van der Waals surface area (Å²) in [6.45, 7) is 6.26. The lowest BCUT2D eigenvalue weighted by atomic mass is 10.2. The van der Waals surface area contributed by atoms with Crippen LogP contribution in [0.3, 0.4) is 0 Å². The SMILES string of the molecule is Cc1c(N)nnn1Cc1nc(C(C)C)no1. The molecular formula is C9H14N6O. The highest BCUT2D eigenvalue weighted by Crippen LogP contribution is 2.11. The van der Waals surface area contributed by atoms with Gasteiger partial charge in [-0.05, 0) is 6.92 Å². The molecule has 2 rings (SSSR count). The molecule has 7 nitrogen and oxygen atoms in total. The number of nitrogens with two attached hydrogens (primary N) is 1. The fourth-order valence-electron chi connectivity index (χ4n) is 1.22. The van der Waals surface area contributed by atoms with Crippen molar-refractivity contribution in [3.63, 3.8) is 0 Å². The van der Waals surface area contributed by atoms with Crippen molar-refractivity contribution in [3.8, 4) is 0 Å². The second-order valence-electron chi connectivity index (χ2n) is 3.92. The lowest BCUT2D eigenvalue weighted by molar-refractivity contribution is 0.357. The molecule has 0 radical (unpaired) electrons. The maximum absolute atomic E-state index is 5.59. The summed E-state index contributed by atoms with van der Waals surface area (Å²) in [6, 6.07) is 0. The highest BCUT2D eigenvalue weighted by atomic mass is 16.5. The second kappa shape index (κ2) is 3.92. The van der Waals surface area contributed by atoms with Crippen LogP contribution in [0.15, 0.2) is 4.52 Å². The third-order valence-electron chi connectivity index (χ3n) is 2.30. The van der Waals surface area contributed by atoms with E-state index in [1.807, 2.05) is 20.8 Å². The predicted octanol–water partition coefficient (Wildman–Crippen LogP) is 0.723. The molecule has 16 heavy (non-hydrogen) atoms. The van der Waals surface area contributed by atoms with Gasteiger partial charge in [0.15, 0.2) is 11.6 Å². The van der Waals surface area contributed by atoms with Crippen LogP contribution in [-0.2, 0) is 6.54 Å². The molecule has 0 saturated heterocycles. The fourth-order valence-corrected chi connectivity index (χ4v) is 1.22. The number of aromatic nitrogens is 5. The van der Waals surface area contributed by atoms with Crippen LogP contribution >= 0.6 is 0 Å². The summed E-state index contributed by atoms with van der Waals surface area (Å²) in [4.78, 5) is 4.25. The van der Waals surface area contributed by atoms with Crippen molar-refractivity contribution in [3.05, 3.63) is 17.4 Å². The summed E-state index contributed by atoms with van der Waals surface area (Å²) in [6.07, 6.45) is 0. The largest absolute Gasteiger partial charge is 0.381 e. The lowest BCUT2D eigenvalue weighted by Gasteiger charge is -1.97. The Morgan fingerprint density at radius 3 is 2.69 bits per heavy atom. The van der Waals surface area contributed by atoms with E-state index >= 15 is 0 Å². The van der Waals surface area contributed by atoms with E-state index in [1.165, 1.54) is 0 Å². The van der Waals surface area contributed by atoms with E-state index in [9.17, 15) is 0 Å². The van der Waals surface area contributed by atoms with E-state index in [1.54, 1.807) is 4.68 Å². The van der Waals surface area contributed by atoms with Crippen LogP contribution in [-0.4, -0.2) is 25.1 Å². The van der Waals surface area contributed by atoms with Gasteiger partial charge in [-0.1, -0.05) is 24.2 Å². The number of hydrogen-bond acceptors (Lipinski definition) is 6. The average Bonchev–Trinajstić information content (AvgIpc) is 2.81. The number of nitrogen functional groups attached to an aromatic ring is 1. The molecule has 0 saturated carbocycles. The van der Waals surface area contributed by atoms with Crippen molar-refractivity contribution in [1.82, 2.24) is 25.1 Å². The minimum Gasteiger partial charge on any atom is -0.381 e. The molecule has 0 unspecified atom stereocenters. The van der Waals surface area contributed by atoms with Crippen LogP contribution in [0, 0.1) is 6.92 Å². The molecule has 0 spiro atoms. The zero-order valence-corrected chi connectivity index (χ0v) is 9.51. The molecule has 2 N–H and O–H groups in total. The Labute approximate surface area is 92.6 Å². The minimum atomic E-state index is 0.249. The van der Waals surface area contributed by atoms with Crippen molar-refractivity contribution >= 4 is 5.82 Å². The van der Waals surface area contributed by atoms with Gasteiger partial charge in [0.25, 0.3) is 0 Å². The van der Waals surface area contributed by atoms with E-state index < -0.39 is 0 Å². The highest BCUT2D eigenvalue weighted by molar-refractivity contribution is 5.31. The molecule has 2 heterocycles. The van der Waals surface area contributed by atoms with Crippen molar-refractivity contribution in [2.75, 3.05) is 5.73 Å². The molecule has 0 atom stereocenters. The number of nitrogens with zero attached hydrogens (tertiary/aromatic N) is 5. The maximum atomic E-state index is 5.59. The van der Waals surface area contributed by atoms with Gasteiger partial charge < -0.3 is 10.3 Å². The quantitative estimate of drug-likeness (QED) is 0.822. The van der Waals surface area contributed by atoms with Crippen molar-refractivity contribution in [2.24, 2.45) is 0 Å². The van der Waals surface area contributed by atoms with Gasteiger partial charge in [-0.15, -0.1) is 5.10 Å². The summed E-state index contributed by atoms with van der Waals surface area (Å²) in [5, 5.41) is 11.5. The first-order chi connectivity index (χ1) is 7.58. The molecule has 0 bridgehead atoms. The third-order valence-corrected chi connectivity index (χ3v) is 2.30.